The Balaban J connectivity index is 1.91. The molecule has 1 atom stereocenters. The number of aryl methyl sites for hydroxylation is 1. The van der Waals surface area contributed by atoms with Crippen LogP contribution in [0.15, 0.2) is 35.2 Å². The van der Waals surface area contributed by atoms with Crippen molar-refractivity contribution in [2.75, 3.05) is 6.54 Å². The van der Waals surface area contributed by atoms with E-state index >= 15 is 0 Å². The molecule has 2 heterocycles. The van der Waals surface area contributed by atoms with Gasteiger partial charge in [0.25, 0.3) is 5.91 Å². The summed E-state index contributed by atoms with van der Waals surface area (Å²) in [7, 11) is 1.81. The molecule has 0 aliphatic rings. The van der Waals surface area contributed by atoms with Gasteiger partial charge in [-0.3, -0.25) is 4.79 Å². The summed E-state index contributed by atoms with van der Waals surface area (Å²) in [4.78, 5) is 11.8. The van der Waals surface area contributed by atoms with Gasteiger partial charge in [0, 0.05) is 19.8 Å². The zero-order valence-electron chi connectivity index (χ0n) is 9.46. The van der Waals surface area contributed by atoms with E-state index < -0.39 is 6.10 Å². The Kier molecular flexibility index (Phi) is 3.61. The lowest BCUT2D eigenvalue weighted by Gasteiger charge is -2.10. The van der Waals surface area contributed by atoms with Crippen LogP contribution in [0.1, 0.15) is 22.2 Å². The van der Waals surface area contributed by atoms with Crippen molar-refractivity contribution in [1.82, 2.24) is 9.88 Å². The Morgan fingerprint density at radius 2 is 2.41 bits per heavy atom. The highest BCUT2D eigenvalue weighted by Gasteiger charge is 2.12. The molecule has 0 radical (unpaired) electrons. The summed E-state index contributed by atoms with van der Waals surface area (Å²) in [6, 6.07) is 5.40. The van der Waals surface area contributed by atoms with Crippen LogP contribution in [0.3, 0.4) is 0 Å². The van der Waals surface area contributed by atoms with Gasteiger partial charge in [0.05, 0.1) is 6.10 Å². The van der Waals surface area contributed by atoms with Crippen molar-refractivity contribution in [2.24, 2.45) is 7.05 Å². The Labute approximate surface area is 104 Å². The molecule has 1 unspecified atom stereocenters. The predicted molar refractivity (Wildman–Crippen MR) is 67.0 cm³/mol. The van der Waals surface area contributed by atoms with E-state index in [1.807, 2.05) is 36.1 Å². The van der Waals surface area contributed by atoms with Crippen molar-refractivity contribution < 1.29 is 9.90 Å². The molecule has 2 N–H and O–H groups in total. The first kappa shape index (κ1) is 11.9. The largest absolute Gasteiger partial charge is 0.387 e. The third-order valence-corrected chi connectivity index (χ3v) is 3.26. The second kappa shape index (κ2) is 5.16. The highest BCUT2D eigenvalue weighted by molar-refractivity contribution is 7.07. The summed E-state index contributed by atoms with van der Waals surface area (Å²) in [5.41, 5.74) is 1.42. The predicted octanol–water partition coefficient (Wildman–Crippen LogP) is 1.55. The zero-order valence-corrected chi connectivity index (χ0v) is 10.3. The number of rotatable bonds is 4. The Morgan fingerprint density at radius 1 is 1.59 bits per heavy atom. The number of thiophene rings is 1. The molecule has 0 bridgehead atoms. The van der Waals surface area contributed by atoms with Crippen LogP contribution in [0.4, 0.5) is 0 Å². The Morgan fingerprint density at radius 3 is 3.00 bits per heavy atom. The van der Waals surface area contributed by atoms with Crippen molar-refractivity contribution >= 4 is 17.2 Å². The standard InChI is InChI=1S/C12H14N2O2S/c1-14-5-2-3-10(14)12(16)13-7-11(15)9-4-6-17-8-9/h2-6,8,11,15H,7H2,1H3,(H,13,16). The fraction of sp³-hybridized carbons (Fsp3) is 0.250. The van der Waals surface area contributed by atoms with Crippen LogP contribution in [0.25, 0.3) is 0 Å². The highest BCUT2D eigenvalue weighted by Crippen LogP contribution is 2.15. The Hall–Kier alpha value is -1.59. The van der Waals surface area contributed by atoms with E-state index in [1.165, 1.54) is 11.3 Å². The maximum atomic E-state index is 11.8. The second-order valence-electron chi connectivity index (χ2n) is 3.79. The van der Waals surface area contributed by atoms with E-state index in [9.17, 15) is 9.90 Å². The van der Waals surface area contributed by atoms with Crippen LogP contribution in [-0.2, 0) is 7.05 Å². The number of carbonyl (C=O) groups excluding carboxylic acids is 1. The maximum Gasteiger partial charge on any atom is 0.267 e. The third-order valence-electron chi connectivity index (χ3n) is 2.56. The molecule has 4 nitrogen and oxygen atoms in total. The topological polar surface area (TPSA) is 54.3 Å². The average Bonchev–Trinajstić information content (AvgIpc) is 2.95. The molecule has 0 aliphatic carbocycles. The first-order valence-electron chi connectivity index (χ1n) is 5.28. The quantitative estimate of drug-likeness (QED) is 0.865. The molecular weight excluding hydrogens is 236 g/mol. The van der Waals surface area contributed by atoms with E-state index in [1.54, 1.807) is 10.6 Å². The summed E-state index contributed by atoms with van der Waals surface area (Å²) in [6.07, 6.45) is 1.16. The fourth-order valence-electron chi connectivity index (χ4n) is 1.56. The first-order chi connectivity index (χ1) is 8.18. The smallest absolute Gasteiger partial charge is 0.267 e. The molecule has 1 amide bonds. The van der Waals surface area contributed by atoms with E-state index in [4.69, 9.17) is 0 Å². The van der Waals surface area contributed by atoms with Gasteiger partial charge in [-0.2, -0.15) is 11.3 Å². The lowest BCUT2D eigenvalue weighted by Crippen LogP contribution is -2.29. The normalized spacial score (nSPS) is 12.4. The van der Waals surface area contributed by atoms with E-state index in [-0.39, 0.29) is 12.5 Å². The fourth-order valence-corrected chi connectivity index (χ4v) is 2.27. The SMILES string of the molecule is Cn1cccc1C(=O)NCC(O)c1ccsc1. The molecule has 0 saturated carbocycles. The summed E-state index contributed by atoms with van der Waals surface area (Å²) in [6.45, 7) is 0.223. The average molecular weight is 250 g/mol. The molecule has 0 spiro atoms. The maximum absolute atomic E-state index is 11.8. The third kappa shape index (κ3) is 2.75. The van der Waals surface area contributed by atoms with Crippen molar-refractivity contribution in [1.29, 1.82) is 0 Å². The van der Waals surface area contributed by atoms with Crippen molar-refractivity contribution in [3.05, 3.63) is 46.4 Å². The molecule has 17 heavy (non-hydrogen) atoms. The molecule has 0 saturated heterocycles. The number of aliphatic hydroxyl groups excluding tert-OH is 1. The summed E-state index contributed by atoms with van der Waals surface area (Å²) < 4.78 is 1.74. The number of nitrogens with zero attached hydrogens (tertiary/aromatic N) is 1. The molecule has 2 aromatic rings. The van der Waals surface area contributed by atoms with Gasteiger partial charge in [0.15, 0.2) is 0 Å². The molecule has 5 heteroatoms. The van der Waals surface area contributed by atoms with Gasteiger partial charge in [-0.15, -0.1) is 0 Å². The number of aromatic nitrogens is 1. The van der Waals surface area contributed by atoms with Crippen LogP contribution in [0.5, 0.6) is 0 Å². The minimum Gasteiger partial charge on any atom is -0.387 e. The zero-order chi connectivity index (χ0) is 12.3. The van der Waals surface area contributed by atoms with Crippen LogP contribution >= 0.6 is 11.3 Å². The molecular formula is C12H14N2O2S. The molecule has 90 valence electrons. The Bertz CT molecular complexity index is 490. The van der Waals surface area contributed by atoms with Gasteiger partial charge < -0.3 is 15.0 Å². The summed E-state index contributed by atoms with van der Waals surface area (Å²) >= 11 is 1.53. The molecule has 2 aromatic heterocycles. The minimum atomic E-state index is -0.648. The van der Waals surface area contributed by atoms with Crippen LogP contribution in [0.2, 0.25) is 0 Å². The number of carbonyl (C=O) groups is 1. The van der Waals surface area contributed by atoms with Crippen LogP contribution in [0, 0.1) is 0 Å². The number of aliphatic hydroxyl groups is 1. The first-order valence-corrected chi connectivity index (χ1v) is 6.22. The second-order valence-corrected chi connectivity index (χ2v) is 4.57. The summed E-state index contributed by atoms with van der Waals surface area (Å²) in [5.74, 6) is -0.174. The molecule has 2 rings (SSSR count). The van der Waals surface area contributed by atoms with Gasteiger partial charge in [-0.25, -0.2) is 0 Å². The van der Waals surface area contributed by atoms with Crippen molar-refractivity contribution in [3.8, 4) is 0 Å². The monoisotopic (exact) mass is 250 g/mol. The minimum absolute atomic E-state index is 0.174. The summed E-state index contributed by atoms with van der Waals surface area (Å²) in [5, 5.41) is 16.3. The molecule has 0 aliphatic heterocycles. The molecule has 0 fully saturated rings. The van der Waals surface area contributed by atoms with Gasteiger partial charge in [0.1, 0.15) is 5.69 Å². The van der Waals surface area contributed by atoms with Crippen LogP contribution in [-0.4, -0.2) is 22.1 Å². The van der Waals surface area contributed by atoms with Gasteiger partial charge in [0.2, 0.25) is 0 Å². The number of amides is 1. The van der Waals surface area contributed by atoms with E-state index in [2.05, 4.69) is 5.32 Å². The van der Waals surface area contributed by atoms with Gasteiger partial charge in [-0.1, -0.05) is 0 Å². The van der Waals surface area contributed by atoms with Crippen molar-refractivity contribution in [2.45, 2.75) is 6.10 Å². The van der Waals surface area contributed by atoms with E-state index in [0.717, 1.165) is 5.56 Å². The van der Waals surface area contributed by atoms with Gasteiger partial charge >= 0.3 is 0 Å². The molecule has 0 aromatic carbocycles. The lowest BCUT2D eigenvalue weighted by molar-refractivity contribution is 0.0908. The van der Waals surface area contributed by atoms with Crippen LogP contribution < -0.4 is 5.32 Å². The van der Waals surface area contributed by atoms with Gasteiger partial charge in [-0.05, 0) is 34.5 Å². The van der Waals surface area contributed by atoms with E-state index in [0.29, 0.717) is 5.69 Å². The van der Waals surface area contributed by atoms with Crippen molar-refractivity contribution in [3.63, 3.8) is 0 Å². The number of nitrogens with one attached hydrogen (secondary N) is 1. The number of hydrogen-bond acceptors (Lipinski definition) is 3. The lowest BCUT2D eigenvalue weighted by atomic mass is 10.2. The highest BCUT2D eigenvalue weighted by atomic mass is 32.1. The number of hydrogen-bond donors (Lipinski definition) is 2.